The van der Waals surface area contributed by atoms with E-state index in [0.29, 0.717) is 12.0 Å². The number of nitrogens with zero attached hydrogens (tertiary/aromatic N) is 2. The number of hydrogen-bond donors (Lipinski definition) is 0. The number of aromatic nitrogens is 1. The fourth-order valence-electron chi connectivity index (χ4n) is 2.60. The van der Waals surface area contributed by atoms with E-state index >= 15 is 0 Å². The highest BCUT2D eigenvalue weighted by atomic mass is 16.1. The van der Waals surface area contributed by atoms with Crippen molar-refractivity contribution in [3.63, 3.8) is 0 Å². The molecule has 0 spiro atoms. The van der Waals surface area contributed by atoms with Crippen LogP contribution in [0.5, 0.6) is 0 Å². The van der Waals surface area contributed by atoms with E-state index in [1.165, 1.54) is 19.3 Å². The summed E-state index contributed by atoms with van der Waals surface area (Å²) >= 11 is 0. The first-order valence-electron chi connectivity index (χ1n) is 6.84. The highest BCUT2D eigenvalue weighted by molar-refractivity contribution is 5.97. The average Bonchev–Trinajstić information content (AvgIpc) is 2.65. The maximum atomic E-state index is 12.1. The Labute approximate surface area is 110 Å². The number of carbonyl (C=O) groups is 1. The van der Waals surface area contributed by atoms with Gasteiger partial charge in [0.05, 0.1) is 6.54 Å². The lowest BCUT2D eigenvalue weighted by Gasteiger charge is -2.22. The van der Waals surface area contributed by atoms with Crippen molar-refractivity contribution in [1.29, 1.82) is 0 Å². The van der Waals surface area contributed by atoms with Gasteiger partial charge in [0.2, 0.25) is 0 Å². The van der Waals surface area contributed by atoms with Crippen LogP contribution in [0.3, 0.4) is 0 Å². The minimum absolute atomic E-state index is 0.246. The number of likely N-dealkylation sites (tertiary alicyclic amines) is 1. The Kier molecular flexibility index (Phi) is 3.91. The number of Topliss-reactive ketones (excluding diaryl/α,β-unsaturated/α-hetero) is 1. The van der Waals surface area contributed by atoms with Crippen molar-refractivity contribution in [3.05, 3.63) is 24.0 Å². The molecule has 0 saturated carbocycles. The van der Waals surface area contributed by atoms with Crippen molar-refractivity contribution in [2.24, 2.45) is 12.5 Å². The maximum absolute atomic E-state index is 12.1. The lowest BCUT2D eigenvalue weighted by molar-refractivity contribution is 0.0930. The number of carbonyl (C=O) groups excluding carboxylic acids is 1. The van der Waals surface area contributed by atoms with Crippen molar-refractivity contribution in [3.8, 4) is 0 Å². The normalized spacial score (nSPS) is 20.6. The van der Waals surface area contributed by atoms with Gasteiger partial charge in [0, 0.05) is 25.0 Å². The summed E-state index contributed by atoms with van der Waals surface area (Å²) in [6.45, 7) is 7.33. The summed E-state index contributed by atoms with van der Waals surface area (Å²) in [5.41, 5.74) is 1.27. The number of ketones is 1. The van der Waals surface area contributed by atoms with Crippen molar-refractivity contribution in [2.45, 2.75) is 33.1 Å². The highest BCUT2D eigenvalue weighted by Crippen LogP contribution is 2.29. The molecular weight excluding hydrogens is 224 g/mol. The largest absolute Gasteiger partial charge is 0.357 e. The monoisotopic (exact) mass is 248 g/mol. The highest BCUT2D eigenvalue weighted by Gasteiger charge is 2.24. The molecule has 3 nitrogen and oxygen atoms in total. The van der Waals surface area contributed by atoms with E-state index < -0.39 is 0 Å². The molecular formula is C15H24N2O. The number of aryl methyl sites for hydroxylation is 1. The van der Waals surface area contributed by atoms with Gasteiger partial charge in [-0.3, -0.25) is 9.69 Å². The second-order valence-electron chi connectivity index (χ2n) is 6.28. The van der Waals surface area contributed by atoms with Gasteiger partial charge in [0.15, 0.2) is 5.78 Å². The van der Waals surface area contributed by atoms with Crippen LogP contribution in [0.25, 0.3) is 0 Å². The van der Waals surface area contributed by atoms with Crippen LogP contribution < -0.4 is 0 Å². The number of hydrogen-bond acceptors (Lipinski definition) is 2. The summed E-state index contributed by atoms with van der Waals surface area (Å²) in [7, 11) is 1.95. The molecule has 0 aromatic carbocycles. The van der Waals surface area contributed by atoms with Crippen molar-refractivity contribution in [2.75, 3.05) is 19.6 Å². The van der Waals surface area contributed by atoms with Crippen LogP contribution in [-0.4, -0.2) is 34.9 Å². The number of rotatable bonds is 3. The molecule has 3 heteroatoms. The average molecular weight is 248 g/mol. The minimum atomic E-state index is 0.246. The Bertz CT molecular complexity index is 420. The van der Waals surface area contributed by atoms with Gasteiger partial charge in [0.25, 0.3) is 0 Å². The van der Waals surface area contributed by atoms with Crippen LogP contribution >= 0.6 is 0 Å². The van der Waals surface area contributed by atoms with E-state index in [2.05, 4.69) is 18.7 Å². The molecule has 0 radical (unpaired) electrons. The maximum Gasteiger partial charge on any atom is 0.178 e. The third-order valence-electron chi connectivity index (χ3n) is 3.95. The lowest BCUT2D eigenvalue weighted by atomic mass is 9.85. The van der Waals surface area contributed by atoms with Gasteiger partial charge >= 0.3 is 0 Å². The molecule has 0 N–H and O–H groups in total. The smallest absolute Gasteiger partial charge is 0.178 e. The molecule has 1 fully saturated rings. The molecule has 2 heterocycles. The molecule has 1 aromatic rings. The summed E-state index contributed by atoms with van der Waals surface area (Å²) in [5, 5.41) is 0. The molecule has 2 rings (SSSR count). The molecule has 1 saturated heterocycles. The Balaban J connectivity index is 1.91. The predicted molar refractivity (Wildman–Crippen MR) is 73.8 cm³/mol. The van der Waals surface area contributed by atoms with Gasteiger partial charge in [-0.2, -0.15) is 0 Å². The summed E-state index contributed by atoms with van der Waals surface area (Å²) in [5.74, 6) is 0.246. The van der Waals surface area contributed by atoms with Crippen LogP contribution in [0.4, 0.5) is 0 Å². The Morgan fingerprint density at radius 2 is 2.11 bits per heavy atom. The SMILES string of the molecule is Cn1ccc(C(=O)CN2CCCC(C)(C)CC2)c1. The van der Waals surface area contributed by atoms with Gasteiger partial charge in [-0.05, 0) is 43.8 Å². The van der Waals surface area contributed by atoms with Crippen molar-refractivity contribution < 1.29 is 4.79 Å². The van der Waals surface area contributed by atoms with Crippen LogP contribution in [0, 0.1) is 5.41 Å². The van der Waals surface area contributed by atoms with Crippen LogP contribution in [0.2, 0.25) is 0 Å². The minimum Gasteiger partial charge on any atom is -0.357 e. The standard InChI is InChI=1S/C15H24N2O/c1-15(2)6-4-8-17(10-7-15)12-14(18)13-5-9-16(3)11-13/h5,9,11H,4,6-8,10,12H2,1-3H3. The van der Waals surface area contributed by atoms with Gasteiger partial charge in [-0.15, -0.1) is 0 Å². The van der Waals surface area contributed by atoms with Gasteiger partial charge < -0.3 is 4.57 Å². The molecule has 0 aliphatic carbocycles. The molecule has 1 aromatic heterocycles. The van der Waals surface area contributed by atoms with Crippen LogP contribution in [0.15, 0.2) is 18.5 Å². The Morgan fingerprint density at radius 3 is 2.78 bits per heavy atom. The summed E-state index contributed by atoms with van der Waals surface area (Å²) in [6, 6.07) is 1.91. The van der Waals surface area contributed by atoms with Gasteiger partial charge in [-0.25, -0.2) is 0 Å². The van der Waals surface area contributed by atoms with Gasteiger partial charge in [-0.1, -0.05) is 13.8 Å². The zero-order valence-corrected chi connectivity index (χ0v) is 11.8. The van der Waals surface area contributed by atoms with E-state index in [9.17, 15) is 4.79 Å². The molecule has 1 aliphatic rings. The van der Waals surface area contributed by atoms with E-state index in [1.54, 1.807) is 0 Å². The first-order chi connectivity index (χ1) is 8.46. The third kappa shape index (κ3) is 3.45. The van der Waals surface area contributed by atoms with E-state index in [0.717, 1.165) is 18.7 Å². The Morgan fingerprint density at radius 1 is 1.33 bits per heavy atom. The molecule has 1 aliphatic heterocycles. The molecule has 0 amide bonds. The van der Waals surface area contributed by atoms with Crippen LogP contribution in [-0.2, 0) is 7.05 Å². The molecule has 0 atom stereocenters. The summed E-state index contributed by atoms with van der Waals surface area (Å²) in [4.78, 5) is 14.5. The lowest BCUT2D eigenvalue weighted by Crippen LogP contribution is -2.31. The first-order valence-corrected chi connectivity index (χ1v) is 6.84. The fraction of sp³-hybridized carbons (Fsp3) is 0.667. The second-order valence-corrected chi connectivity index (χ2v) is 6.28. The first kappa shape index (κ1) is 13.3. The summed E-state index contributed by atoms with van der Waals surface area (Å²) < 4.78 is 1.93. The molecule has 100 valence electrons. The van der Waals surface area contributed by atoms with E-state index in [-0.39, 0.29) is 5.78 Å². The Hall–Kier alpha value is -1.09. The van der Waals surface area contributed by atoms with E-state index in [1.807, 2.05) is 30.1 Å². The topological polar surface area (TPSA) is 25.2 Å². The predicted octanol–water partition coefficient (Wildman–Crippen LogP) is 2.72. The van der Waals surface area contributed by atoms with Crippen molar-refractivity contribution >= 4 is 5.78 Å². The zero-order chi connectivity index (χ0) is 13.2. The fourth-order valence-corrected chi connectivity index (χ4v) is 2.60. The second kappa shape index (κ2) is 5.27. The molecule has 0 bridgehead atoms. The van der Waals surface area contributed by atoms with Crippen LogP contribution in [0.1, 0.15) is 43.5 Å². The quantitative estimate of drug-likeness (QED) is 0.768. The zero-order valence-electron chi connectivity index (χ0n) is 11.8. The molecule has 0 unspecified atom stereocenters. The van der Waals surface area contributed by atoms with Crippen molar-refractivity contribution in [1.82, 2.24) is 9.47 Å². The molecule has 18 heavy (non-hydrogen) atoms. The van der Waals surface area contributed by atoms with E-state index in [4.69, 9.17) is 0 Å². The third-order valence-corrected chi connectivity index (χ3v) is 3.95. The summed E-state index contributed by atoms with van der Waals surface area (Å²) in [6.07, 6.45) is 7.50. The van der Waals surface area contributed by atoms with Gasteiger partial charge in [0.1, 0.15) is 0 Å².